The molecule has 0 N–H and O–H groups in total. The van der Waals surface area contributed by atoms with Crippen LogP contribution in [0.4, 0.5) is 47.3 Å². The first-order valence-corrected chi connectivity index (χ1v) is 20.6. The SMILES string of the molecule is CN1C(=O)N(c2ccnc(C(F)(F)F)c2)C2=C(C(=O)CC2)C1c1ccc(C#N)cc1-c1ccoc1.CN1C(=O)N(c2ccnc(C(F)(F)F)c2)C2=C(C(=O)CC2)C1c1ccc(C#N)cc1Br. The van der Waals surface area contributed by atoms with Crippen LogP contribution in [0.1, 0.15) is 71.4 Å². The van der Waals surface area contributed by atoms with Gasteiger partial charge in [0.15, 0.2) is 11.6 Å². The van der Waals surface area contributed by atoms with E-state index in [1.54, 1.807) is 42.5 Å². The second-order valence-corrected chi connectivity index (χ2v) is 16.3. The molecule has 2 aliphatic heterocycles. The standard InChI is InChI=1S/C25H17F3N4O3.C21H14BrF3N4O2/c1-31-23(17-3-2-14(12-29)10-18(17)15-7-9-35-13-15)22-19(4-5-20(22)33)32(24(31)34)16-6-8-30-21(11-16)25(26,27)28;1-28-19(13-3-2-11(10-26)8-14(13)22)18-15(4-5-16(18)30)29(20(28)31)12-6-7-27-17(9-12)21(23,24)25/h2-3,6-11,13,23H,4-5H2,1H3;2-3,6-9,19H,4-5H2,1H3. The van der Waals surface area contributed by atoms with Crippen molar-refractivity contribution in [1.82, 2.24) is 19.8 Å². The summed E-state index contributed by atoms with van der Waals surface area (Å²) < 4.78 is 85.1. The molecule has 0 spiro atoms. The van der Waals surface area contributed by atoms with Gasteiger partial charge in [0.2, 0.25) is 0 Å². The Morgan fingerprint density at radius 1 is 0.652 bits per heavy atom. The summed E-state index contributed by atoms with van der Waals surface area (Å²) in [6.45, 7) is 0. The molecule has 0 fully saturated rings. The smallest absolute Gasteiger partial charge is 0.433 e. The molecule has 0 saturated heterocycles. The van der Waals surface area contributed by atoms with Crippen molar-refractivity contribution in [2.45, 2.75) is 50.1 Å². The van der Waals surface area contributed by atoms with E-state index in [2.05, 4.69) is 32.0 Å². The largest absolute Gasteiger partial charge is 0.472 e. The van der Waals surface area contributed by atoms with E-state index in [1.165, 1.54) is 48.6 Å². The van der Waals surface area contributed by atoms with Gasteiger partial charge in [-0.1, -0.05) is 28.1 Å². The fourth-order valence-electron chi connectivity index (χ4n) is 8.60. The van der Waals surface area contributed by atoms with Gasteiger partial charge in [-0.25, -0.2) is 9.59 Å². The van der Waals surface area contributed by atoms with Crippen molar-refractivity contribution in [1.29, 1.82) is 10.5 Å². The number of likely N-dealkylation sites (N-methyl/N-ethyl adjacent to an activating group) is 2. The topological polar surface area (TPSA) is 168 Å². The predicted octanol–water partition coefficient (Wildman–Crippen LogP) is 10.4. The molecular weight excluding hydrogens is 938 g/mol. The second kappa shape index (κ2) is 17.1. The minimum Gasteiger partial charge on any atom is -0.472 e. The Hall–Kier alpha value is -7.58. The number of alkyl halides is 6. The van der Waals surface area contributed by atoms with E-state index < -0.39 is 47.9 Å². The highest BCUT2D eigenvalue weighted by molar-refractivity contribution is 9.10. The Labute approximate surface area is 379 Å². The Morgan fingerprint density at radius 3 is 1.56 bits per heavy atom. The summed E-state index contributed by atoms with van der Waals surface area (Å²) in [7, 11) is 2.99. The van der Waals surface area contributed by atoms with Gasteiger partial charge in [-0.15, -0.1) is 0 Å². The minimum atomic E-state index is -4.69. The summed E-state index contributed by atoms with van der Waals surface area (Å²) in [4.78, 5) is 64.4. The summed E-state index contributed by atoms with van der Waals surface area (Å²) in [5.41, 5.74) is 2.48. The number of allylic oxidation sites excluding steroid dienone is 2. The monoisotopic (exact) mass is 968 g/mol. The van der Waals surface area contributed by atoms with Gasteiger partial charge < -0.3 is 14.2 Å². The van der Waals surface area contributed by atoms with Gasteiger partial charge in [-0.2, -0.15) is 36.9 Å². The molecule has 5 heterocycles. The third-order valence-electron chi connectivity index (χ3n) is 11.6. The number of pyridine rings is 2. The van der Waals surface area contributed by atoms with Crippen LogP contribution in [-0.4, -0.2) is 57.5 Å². The predicted molar refractivity (Wildman–Crippen MR) is 225 cm³/mol. The molecule has 20 heteroatoms. The maximum atomic E-state index is 13.6. The van der Waals surface area contributed by atoms with E-state index >= 15 is 0 Å². The fourth-order valence-corrected chi connectivity index (χ4v) is 9.20. The molecule has 0 radical (unpaired) electrons. The van der Waals surface area contributed by atoms with Gasteiger partial charge in [-0.05, 0) is 84.1 Å². The van der Waals surface area contributed by atoms with Crippen LogP contribution in [0.15, 0.2) is 123 Å². The van der Waals surface area contributed by atoms with E-state index in [0.717, 1.165) is 34.3 Å². The van der Waals surface area contributed by atoms with Crippen molar-refractivity contribution in [2.24, 2.45) is 0 Å². The molecular formula is C46H31BrF6N8O5. The highest BCUT2D eigenvalue weighted by Crippen LogP contribution is 2.48. The normalized spacial score (nSPS) is 18.6. The van der Waals surface area contributed by atoms with Crippen molar-refractivity contribution < 1.29 is 49.9 Å². The van der Waals surface area contributed by atoms with Crippen LogP contribution in [0.2, 0.25) is 0 Å². The number of furan rings is 1. The molecule has 0 bridgehead atoms. The van der Waals surface area contributed by atoms with Crippen LogP contribution >= 0.6 is 15.9 Å². The first-order chi connectivity index (χ1) is 31.3. The van der Waals surface area contributed by atoms with Crippen molar-refractivity contribution >= 4 is 50.9 Å². The molecule has 2 aliphatic carbocycles. The lowest BCUT2D eigenvalue weighted by Crippen LogP contribution is -2.48. The quantitative estimate of drug-likeness (QED) is 0.156. The van der Waals surface area contributed by atoms with Crippen LogP contribution in [-0.2, 0) is 21.9 Å². The lowest BCUT2D eigenvalue weighted by atomic mass is 9.87. The number of rotatable bonds is 5. The number of halogens is 7. The van der Waals surface area contributed by atoms with Crippen LogP contribution in [0, 0.1) is 22.7 Å². The molecule has 0 saturated carbocycles. The average molecular weight is 970 g/mol. The Bertz CT molecular complexity index is 3010. The van der Waals surface area contributed by atoms with E-state index in [-0.39, 0.29) is 48.6 Å². The number of nitrogens with zero attached hydrogens (tertiary/aromatic N) is 8. The highest BCUT2D eigenvalue weighted by atomic mass is 79.9. The summed E-state index contributed by atoms with van der Waals surface area (Å²) in [6, 6.07) is 17.2. The second-order valence-electron chi connectivity index (χ2n) is 15.4. The van der Waals surface area contributed by atoms with Gasteiger partial charge in [0.25, 0.3) is 0 Å². The Morgan fingerprint density at radius 2 is 1.12 bits per heavy atom. The zero-order chi connectivity index (χ0) is 47.4. The number of carbonyl (C=O) groups excluding carboxylic acids is 4. The molecule has 2 atom stereocenters. The first kappa shape index (κ1) is 45.0. The van der Waals surface area contributed by atoms with Crippen LogP contribution in [0.5, 0.6) is 0 Å². The van der Waals surface area contributed by atoms with Gasteiger partial charge >= 0.3 is 24.4 Å². The zero-order valence-electron chi connectivity index (χ0n) is 34.4. The maximum absolute atomic E-state index is 13.6. The highest BCUT2D eigenvalue weighted by Gasteiger charge is 2.47. The number of anilines is 2. The number of hydrogen-bond donors (Lipinski definition) is 0. The molecule has 66 heavy (non-hydrogen) atoms. The molecule has 5 aromatic rings. The molecule has 4 aliphatic rings. The molecule has 2 aromatic carbocycles. The number of urea groups is 2. The van der Waals surface area contributed by atoms with Crippen LogP contribution in [0.3, 0.4) is 0 Å². The van der Waals surface area contributed by atoms with E-state index in [9.17, 15) is 50.8 Å². The first-order valence-electron chi connectivity index (χ1n) is 19.8. The summed E-state index contributed by atoms with van der Waals surface area (Å²) in [5, 5.41) is 18.5. The number of benzene rings is 2. The number of Topliss-reactive ketones (excluding diaryl/α,β-unsaturated/α-hetero) is 2. The molecule has 3 aromatic heterocycles. The number of nitriles is 2. The molecule has 2 unspecified atom stereocenters. The number of amides is 4. The molecule has 9 rings (SSSR count). The van der Waals surface area contributed by atoms with Crippen LogP contribution in [0.25, 0.3) is 11.1 Å². The Kier molecular flexibility index (Phi) is 11.7. The number of hydrogen-bond acceptors (Lipinski definition) is 9. The van der Waals surface area contributed by atoms with E-state index in [1.807, 2.05) is 6.07 Å². The van der Waals surface area contributed by atoms with Gasteiger partial charge in [0.05, 0.1) is 59.3 Å². The summed E-state index contributed by atoms with van der Waals surface area (Å²) in [5.74, 6) is -0.368. The third kappa shape index (κ3) is 7.97. The third-order valence-corrected chi connectivity index (χ3v) is 12.3. The summed E-state index contributed by atoms with van der Waals surface area (Å²) >= 11 is 3.41. The molecule has 4 amide bonds. The minimum absolute atomic E-state index is 0.00119. The Balaban J connectivity index is 0.000000181. The van der Waals surface area contributed by atoms with Crippen LogP contribution < -0.4 is 9.80 Å². The zero-order valence-corrected chi connectivity index (χ0v) is 36.0. The summed E-state index contributed by atoms with van der Waals surface area (Å²) in [6.07, 6.45) is -3.66. The van der Waals surface area contributed by atoms with Gasteiger partial charge in [0.1, 0.15) is 11.4 Å². The number of carbonyl (C=O) groups is 4. The van der Waals surface area contributed by atoms with Gasteiger partial charge in [0, 0.05) is 71.9 Å². The van der Waals surface area contributed by atoms with Crippen molar-refractivity contribution in [2.75, 3.05) is 23.9 Å². The number of aromatic nitrogens is 2. The van der Waals surface area contributed by atoms with Crippen molar-refractivity contribution in [3.05, 3.63) is 152 Å². The van der Waals surface area contributed by atoms with E-state index in [4.69, 9.17) is 9.68 Å². The fraction of sp³-hybridized carbons (Fsp3) is 0.217. The molecule has 13 nitrogen and oxygen atoms in total. The van der Waals surface area contributed by atoms with Crippen molar-refractivity contribution in [3.63, 3.8) is 0 Å². The molecule has 334 valence electrons. The van der Waals surface area contributed by atoms with Crippen molar-refractivity contribution in [3.8, 4) is 23.3 Å². The average Bonchev–Trinajstić information content (AvgIpc) is 4.06. The van der Waals surface area contributed by atoms with E-state index in [0.29, 0.717) is 60.4 Å². The maximum Gasteiger partial charge on any atom is 0.433 e. The lowest BCUT2D eigenvalue weighted by Gasteiger charge is -2.41. The lowest BCUT2D eigenvalue weighted by molar-refractivity contribution is -0.141. The number of ketones is 2. The van der Waals surface area contributed by atoms with Gasteiger partial charge in [-0.3, -0.25) is 29.4 Å².